The maximum atomic E-state index is 5.44. The van der Waals surface area contributed by atoms with Crippen LogP contribution in [0.1, 0.15) is 25.8 Å². The van der Waals surface area contributed by atoms with Crippen LogP contribution in [-0.2, 0) is 11.2 Å². The molecule has 107 valence electrons. The Morgan fingerprint density at radius 2 is 1.75 bits per heavy atom. The smallest absolute Gasteiger partial charge is 0.118 e. The number of methoxy groups -OCH3 is 2. The minimum atomic E-state index is 0.0695. The summed E-state index contributed by atoms with van der Waals surface area (Å²) in [6.45, 7) is 4.43. The van der Waals surface area contributed by atoms with Gasteiger partial charge in [0.1, 0.15) is 11.5 Å². The highest BCUT2D eigenvalue weighted by atomic mass is 16.5. The number of aryl methyl sites for hydroxylation is 1. The summed E-state index contributed by atoms with van der Waals surface area (Å²) in [7, 11) is 3.43. The van der Waals surface area contributed by atoms with Crippen molar-refractivity contribution in [2.24, 2.45) is 5.41 Å². The van der Waals surface area contributed by atoms with Crippen LogP contribution in [0.3, 0.4) is 0 Å². The molecule has 2 nitrogen and oxygen atoms in total. The molecule has 0 saturated heterocycles. The van der Waals surface area contributed by atoms with Gasteiger partial charge in [-0.1, -0.05) is 25.1 Å². The number of rotatable bonds is 5. The fourth-order valence-corrected chi connectivity index (χ4v) is 2.57. The van der Waals surface area contributed by atoms with Crippen molar-refractivity contribution in [1.82, 2.24) is 0 Å². The zero-order valence-electron chi connectivity index (χ0n) is 12.8. The summed E-state index contributed by atoms with van der Waals surface area (Å²) >= 11 is 0. The Morgan fingerprint density at radius 1 is 1.05 bits per heavy atom. The van der Waals surface area contributed by atoms with Crippen molar-refractivity contribution >= 4 is 0 Å². The summed E-state index contributed by atoms with van der Waals surface area (Å²) in [4.78, 5) is 0. The van der Waals surface area contributed by atoms with Gasteiger partial charge in [-0.05, 0) is 60.9 Å². The van der Waals surface area contributed by atoms with Crippen LogP contribution in [0.5, 0.6) is 5.75 Å². The van der Waals surface area contributed by atoms with Gasteiger partial charge in [-0.25, -0.2) is 0 Å². The fraction of sp³-hybridized carbons (Fsp3) is 0.389. The lowest BCUT2D eigenvalue weighted by Crippen LogP contribution is -2.23. The molecule has 2 heteroatoms. The third-order valence-corrected chi connectivity index (χ3v) is 4.25. The Hall–Kier alpha value is -1.70. The first-order valence-corrected chi connectivity index (χ1v) is 7.00. The Morgan fingerprint density at radius 3 is 2.35 bits per heavy atom. The Kier molecular flexibility index (Phi) is 4.53. The number of hydrogen-bond acceptors (Lipinski definition) is 2. The summed E-state index contributed by atoms with van der Waals surface area (Å²) in [5, 5.41) is 0. The van der Waals surface area contributed by atoms with Crippen molar-refractivity contribution in [3.05, 3.63) is 59.7 Å². The van der Waals surface area contributed by atoms with E-state index in [9.17, 15) is 0 Å². The molecule has 0 saturated carbocycles. The zero-order valence-corrected chi connectivity index (χ0v) is 12.8. The van der Waals surface area contributed by atoms with E-state index >= 15 is 0 Å². The van der Waals surface area contributed by atoms with Gasteiger partial charge in [0.05, 0.1) is 14.2 Å². The standard InChI is InChI=1S/C18H23O2/c1-14-17(20-4)6-5-12-18(14,2)13-11-15-7-9-16(19-3)10-8-15/h5-10,12H,11,13H2,1-4H3. The Bertz CT molecular complexity index is 511. The molecule has 0 spiro atoms. The molecule has 1 radical (unpaired) electrons. The molecule has 1 aliphatic rings. The van der Waals surface area contributed by atoms with Crippen LogP contribution in [0.2, 0.25) is 0 Å². The summed E-state index contributed by atoms with van der Waals surface area (Å²) < 4.78 is 10.6. The van der Waals surface area contributed by atoms with Gasteiger partial charge in [0, 0.05) is 0 Å². The summed E-state index contributed by atoms with van der Waals surface area (Å²) in [5.41, 5.74) is 2.71. The molecular formula is C18H23O2. The Balaban J connectivity index is 2.05. The average molecular weight is 271 g/mol. The molecule has 0 bridgehead atoms. The van der Waals surface area contributed by atoms with Crippen LogP contribution in [0.15, 0.2) is 47.7 Å². The van der Waals surface area contributed by atoms with E-state index in [1.807, 2.05) is 18.2 Å². The summed E-state index contributed by atoms with van der Waals surface area (Å²) in [6, 6.07) is 8.31. The molecule has 0 heterocycles. The van der Waals surface area contributed by atoms with E-state index in [4.69, 9.17) is 9.47 Å². The predicted molar refractivity (Wildman–Crippen MR) is 82.6 cm³/mol. The van der Waals surface area contributed by atoms with E-state index in [1.165, 1.54) is 11.1 Å². The monoisotopic (exact) mass is 271 g/mol. The maximum Gasteiger partial charge on any atom is 0.118 e. The molecule has 0 N–H and O–H groups in total. The number of ether oxygens (including phenoxy) is 2. The fourth-order valence-electron chi connectivity index (χ4n) is 2.57. The largest absolute Gasteiger partial charge is 0.497 e. The molecular weight excluding hydrogens is 248 g/mol. The van der Waals surface area contributed by atoms with Crippen molar-refractivity contribution in [3.8, 4) is 5.75 Å². The molecule has 0 aliphatic heterocycles. The van der Waals surface area contributed by atoms with E-state index in [1.54, 1.807) is 14.2 Å². The van der Waals surface area contributed by atoms with Gasteiger partial charge >= 0.3 is 0 Å². The quantitative estimate of drug-likeness (QED) is 0.793. The van der Waals surface area contributed by atoms with Gasteiger partial charge in [-0.2, -0.15) is 0 Å². The van der Waals surface area contributed by atoms with E-state index in [-0.39, 0.29) is 5.41 Å². The third-order valence-electron chi connectivity index (χ3n) is 4.25. The zero-order chi connectivity index (χ0) is 14.6. The van der Waals surface area contributed by atoms with Crippen LogP contribution in [0.4, 0.5) is 0 Å². The van der Waals surface area contributed by atoms with Crippen molar-refractivity contribution in [2.45, 2.75) is 26.7 Å². The molecule has 1 aromatic carbocycles. The summed E-state index contributed by atoms with van der Waals surface area (Å²) in [5.74, 6) is 1.90. The predicted octanol–water partition coefficient (Wildman–Crippen LogP) is 4.33. The minimum absolute atomic E-state index is 0.0695. The van der Waals surface area contributed by atoms with E-state index in [2.05, 4.69) is 38.5 Å². The van der Waals surface area contributed by atoms with Crippen molar-refractivity contribution < 1.29 is 9.47 Å². The van der Waals surface area contributed by atoms with E-state index in [0.717, 1.165) is 24.4 Å². The van der Waals surface area contributed by atoms with Crippen molar-refractivity contribution in [2.75, 3.05) is 14.2 Å². The van der Waals surface area contributed by atoms with Gasteiger partial charge < -0.3 is 9.47 Å². The van der Waals surface area contributed by atoms with E-state index in [0.29, 0.717) is 0 Å². The highest BCUT2D eigenvalue weighted by molar-refractivity contribution is 5.36. The Labute approximate surface area is 122 Å². The third kappa shape index (κ3) is 3.06. The number of hydrogen-bond donors (Lipinski definition) is 0. The highest BCUT2D eigenvalue weighted by Crippen LogP contribution is 2.40. The molecule has 0 aromatic heterocycles. The van der Waals surface area contributed by atoms with Gasteiger partial charge in [0.15, 0.2) is 0 Å². The molecule has 0 fully saturated rings. The first-order valence-electron chi connectivity index (χ1n) is 7.00. The van der Waals surface area contributed by atoms with Gasteiger partial charge in [0.2, 0.25) is 0 Å². The molecule has 1 unspecified atom stereocenters. The summed E-state index contributed by atoms with van der Waals surface area (Å²) in [6.07, 6.45) is 8.51. The van der Waals surface area contributed by atoms with Crippen LogP contribution < -0.4 is 4.74 Å². The molecule has 1 aliphatic carbocycles. The number of benzene rings is 1. The second-order valence-corrected chi connectivity index (χ2v) is 5.48. The minimum Gasteiger partial charge on any atom is -0.497 e. The first kappa shape index (κ1) is 14.7. The van der Waals surface area contributed by atoms with Gasteiger partial charge in [-0.3, -0.25) is 0 Å². The normalized spacial score (nSPS) is 22.0. The average Bonchev–Trinajstić information content (AvgIpc) is 2.49. The second-order valence-electron chi connectivity index (χ2n) is 5.48. The molecule has 2 rings (SSSR count). The lowest BCUT2D eigenvalue weighted by Gasteiger charge is -2.33. The van der Waals surface area contributed by atoms with Crippen molar-refractivity contribution in [1.29, 1.82) is 0 Å². The molecule has 1 atom stereocenters. The van der Waals surface area contributed by atoms with Crippen LogP contribution in [0.25, 0.3) is 0 Å². The van der Waals surface area contributed by atoms with Gasteiger partial charge in [0.25, 0.3) is 0 Å². The SMILES string of the molecule is COC1=C(C)C(C)(CCc2ccc(OC)cc2)[CH]C=C1. The van der Waals surface area contributed by atoms with Crippen molar-refractivity contribution in [3.63, 3.8) is 0 Å². The van der Waals surface area contributed by atoms with Crippen LogP contribution in [-0.4, -0.2) is 14.2 Å². The molecule has 0 amide bonds. The highest BCUT2D eigenvalue weighted by Gasteiger charge is 2.30. The maximum absolute atomic E-state index is 5.44. The molecule has 20 heavy (non-hydrogen) atoms. The van der Waals surface area contributed by atoms with Crippen LogP contribution >= 0.6 is 0 Å². The van der Waals surface area contributed by atoms with Crippen LogP contribution in [0, 0.1) is 11.8 Å². The molecule has 1 aromatic rings. The van der Waals surface area contributed by atoms with E-state index < -0.39 is 0 Å². The first-order chi connectivity index (χ1) is 9.59. The lowest BCUT2D eigenvalue weighted by molar-refractivity contribution is 0.282. The topological polar surface area (TPSA) is 18.5 Å². The second kappa shape index (κ2) is 6.17. The van der Waals surface area contributed by atoms with Gasteiger partial charge in [-0.15, -0.1) is 0 Å². The number of allylic oxidation sites excluding steroid dienone is 3. The lowest BCUT2D eigenvalue weighted by atomic mass is 9.73.